The Morgan fingerprint density at radius 2 is 1.91 bits per heavy atom. The summed E-state index contributed by atoms with van der Waals surface area (Å²) in [5.41, 5.74) is 0.555. The van der Waals surface area contributed by atoms with Crippen molar-refractivity contribution in [3.63, 3.8) is 0 Å². The lowest BCUT2D eigenvalue weighted by Gasteiger charge is -2.50. The lowest BCUT2D eigenvalue weighted by Crippen LogP contribution is -2.68. The maximum absolute atomic E-state index is 12.9. The Morgan fingerprint density at radius 1 is 1.30 bits per heavy atom. The molecule has 0 saturated carbocycles. The van der Waals surface area contributed by atoms with Crippen LogP contribution in [0, 0.1) is 5.82 Å². The number of carbonyl (C=O) groups is 1. The maximum atomic E-state index is 12.9. The first kappa shape index (κ1) is 17.8. The van der Waals surface area contributed by atoms with E-state index in [9.17, 15) is 24.5 Å². The highest BCUT2D eigenvalue weighted by Crippen LogP contribution is 2.24. The predicted molar refractivity (Wildman–Crippen MR) is 74.2 cm³/mol. The molecule has 0 radical (unpaired) electrons. The molecule has 8 heteroatoms. The number of rotatable bonds is 4. The van der Waals surface area contributed by atoms with Gasteiger partial charge in [-0.2, -0.15) is 0 Å². The van der Waals surface area contributed by atoms with E-state index in [1.807, 2.05) is 0 Å². The molecule has 1 aromatic rings. The molecule has 2 rings (SSSR count). The van der Waals surface area contributed by atoms with Gasteiger partial charge in [-0.15, -0.1) is 0 Å². The van der Waals surface area contributed by atoms with Gasteiger partial charge in [0.05, 0.1) is 12.6 Å². The first-order chi connectivity index (χ1) is 10.8. The molecule has 0 spiro atoms. The number of nitrogens with zero attached hydrogens (tertiary/aromatic N) is 1. The lowest BCUT2D eigenvalue weighted by atomic mass is 9.95. The van der Waals surface area contributed by atoms with Crippen molar-refractivity contribution in [2.45, 2.75) is 44.1 Å². The van der Waals surface area contributed by atoms with Gasteiger partial charge in [0.1, 0.15) is 24.1 Å². The topological polar surface area (TPSA) is 113 Å². The fourth-order valence-corrected chi connectivity index (χ4v) is 2.61. The van der Waals surface area contributed by atoms with Crippen molar-refractivity contribution >= 4 is 5.91 Å². The Hall–Kier alpha value is -1.58. The first-order valence-corrected chi connectivity index (χ1v) is 7.15. The molecule has 1 heterocycles. The van der Waals surface area contributed by atoms with Crippen molar-refractivity contribution in [2.24, 2.45) is 0 Å². The van der Waals surface area contributed by atoms with Crippen LogP contribution in [0.2, 0.25) is 0 Å². The number of hydrogen-bond acceptors (Lipinski definition) is 6. The van der Waals surface area contributed by atoms with E-state index in [1.165, 1.54) is 31.2 Å². The third-order valence-corrected chi connectivity index (χ3v) is 3.88. The Balaban J connectivity index is 2.22. The summed E-state index contributed by atoms with van der Waals surface area (Å²) < 4.78 is 17.9. The SMILES string of the molecule is CC(=O)N(Cc1ccc(F)cc1)[C@@H]1[C@@H](O)[C@H](O)[C@@H](CO)O[C@@H]1[O-]. The van der Waals surface area contributed by atoms with E-state index >= 15 is 0 Å². The average molecular weight is 328 g/mol. The monoisotopic (exact) mass is 328 g/mol. The average Bonchev–Trinajstić information content (AvgIpc) is 2.51. The lowest BCUT2D eigenvalue weighted by molar-refractivity contribution is -0.525. The second-order valence-corrected chi connectivity index (χ2v) is 5.47. The van der Waals surface area contributed by atoms with Gasteiger partial charge in [0, 0.05) is 19.8 Å². The summed E-state index contributed by atoms with van der Waals surface area (Å²) >= 11 is 0. The van der Waals surface area contributed by atoms with Gasteiger partial charge in [0.2, 0.25) is 5.91 Å². The molecule has 1 aliphatic rings. The normalized spacial score (nSPS) is 31.0. The highest BCUT2D eigenvalue weighted by Gasteiger charge is 2.43. The Bertz CT molecular complexity index is 539. The minimum Gasteiger partial charge on any atom is -0.829 e. The number of benzene rings is 1. The third-order valence-electron chi connectivity index (χ3n) is 3.88. The largest absolute Gasteiger partial charge is 0.829 e. The maximum Gasteiger partial charge on any atom is 0.220 e. The van der Waals surface area contributed by atoms with Crippen LogP contribution in [0.3, 0.4) is 0 Å². The van der Waals surface area contributed by atoms with Gasteiger partial charge in [-0.05, 0) is 17.7 Å². The van der Waals surface area contributed by atoms with Crippen LogP contribution >= 0.6 is 0 Å². The molecule has 0 bridgehead atoms. The zero-order valence-electron chi connectivity index (χ0n) is 12.5. The van der Waals surface area contributed by atoms with Crippen molar-refractivity contribution in [3.05, 3.63) is 35.6 Å². The minimum absolute atomic E-state index is 0.0457. The van der Waals surface area contributed by atoms with Gasteiger partial charge in [-0.25, -0.2) is 4.39 Å². The van der Waals surface area contributed by atoms with Crippen molar-refractivity contribution in [1.29, 1.82) is 0 Å². The summed E-state index contributed by atoms with van der Waals surface area (Å²) in [4.78, 5) is 13.0. The van der Waals surface area contributed by atoms with Crippen LogP contribution in [-0.4, -0.2) is 63.4 Å². The van der Waals surface area contributed by atoms with Gasteiger partial charge in [-0.1, -0.05) is 12.1 Å². The zero-order chi connectivity index (χ0) is 17.1. The summed E-state index contributed by atoms with van der Waals surface area (Å²) in [6.45, 7) is 0.547. The molecule has 23 heavy (non-hydrogen) atoms. The molecule has 128 valence electrons. The molecular weight excluding hydrogens is 309 g/mol. The molecule has 1 saturated heterocycles. The molecule has 5 atom stereocenters. The van der Waals surface area contributed by atoms with Crippen LogP contribution in [0.5, 0.6) is 0 Å². The number of hydrogen-bond donors (Lipinski definition) is 3. The van der Waals surface area contributed by atoms with Crippen molar-refractivity contribution in [1.82, 2.24) is 4.90 Å². The molecular formula is C15H19FNO6-. The van der Waals surface area contributed by atoms with Gasteiger partial charge in [0.25, 0.3) is 0 Å². The molecule has 0 aliphatic carbocycles. The van der Waals surface area contributed by atoms with Gasteiger partial charge in [-0.3, -0.25) is 4.79 Å². The second-order valence-electron chi connectivity index (χ2n) is 5.47. The third kappa shape index (κ3) is 3.85. The van der Waals surface area contributed by atoms with E-state index in [0.717, 1.165) is 4.90 Å². The fraction of sp³-hybridized carbons (Fsp3) is 0.533. The number of halogens is 1. The summed E-state index contributed by atoms with van der Waals surface area (Å²) in [5.74, 6) is -0.940. The zero-order valence-corrected chi connectivity index (χ0v) is 12.5. The standard InChI is InChI=1S/C15H19FNO6/c1-8(19)17(6-9-2-4-10(16)5-3-9)12-14(21)13(20)11(7-18)23-15(12)22/h2-5,11-15,18,20-21H,6-7H2,1H3/q-1/t11-,12-,13-,14-,15+/m1/s1. The molecule has 1 aromatic carbocycles. The Morgan fingerprint density at radius 3 is 2.43 bits per heavy atom. The van der Waals surface area contributed by atoms with Crippen molar-refractivity contribution in [2.75, 3.05) is 6.61 Å². The predicted octanol–water partition coefficient (Wildman–Crippen LogP) is -1.66. The van der Waals surface area contributed by atoms with E-state index in [4.69, 9.17) is 9.84 Å². The number of amides is 1. The van der Waals surface area contributed by atoms with E-state index in [0.29, 0.717) is 5.56 Å². The quantitative estimate of drug-likeness (QED) is 0.610. The summed E-state index contributed by atoms with van der Waals surface area (Å²) in [6, 6.07) is 4.01. The minimum atomic E-state index is -1.82. The molecule has 3 N–H and O–H groups in total. The van der Waals surface area contributed by atoms with Crippen LogP contribution in [-0.2, 0) is 16.1 Å². The molecule has 0 unspecified atom stereocenters. The molecule has 7 nitrogen and oxygen atoms in total. The van der Waals surface area contributed by atoms with Crippen LogP contribution < -0.4 is 5.11 Å². The highest BCUT2D eigenvalue weighted by molar-refractivity contribution is 5.73. The van der Waals surface area contributed by atoms with Crippen LogP contribution in [0.4, 0.5) is 4.39 Å². The van der Waals surface area contributed by atoms with E-state index in [-0.39, 0.29) is 6.54 Å². The van der Waals surface area contributed by atoms with E-state index in [2.05, 4.69) is 0 Å². The van der Waals surface area contributed by atoms with E-state index < -0.39 is 49.0 Å². The van der Waals surface area contributed by atoms with Gasteiger partial charge < -0.3 is 30.1 Å². The number of ether oxygens (including phenoxy) is 1. The Labute approximate surface area is 132 Å². The fourth-order valence-electron chi connectivity index (χ4n) is 2.61. The van der Waals surface area contributed by atoms with Gasteiger partial charge in [0.15, 0.2) is 0 Å². The molecule has 1 amide bonds. The van der Waals surface area contributed by atoms with Crippen molar-refractivity contribution < 1.29 is 34.3 Å². The number of carbonyl (C=O) groups excluding carboxylic acids is 1. The van der Waals surface area contributed by atoms with Crippen LogP contribution in [0.25, 0.3) is 0 Å². The smallest absolute Gasteiger partial charge is 0.220 e. The second kappa shape index (κ2) is 7.33. The van der Waals surface area contributed by atoms with Crippen LogP contribution in [0.15, 0.2) is 24.3 Å². The molecule has 1 fully saturated rings. The molecule has 1 aliphatic heterocycles. The summed E-state index contributed by atoms with van der Waals surface area (Å²) in [5, 5.41) is 41.2. The van der Waals surface area contributed by atoms with Crippen molar-refractivity contribution in [3.8, 4) is 0 Å². The number of aliphatic hydroxyl groups excluding tert-OH is 3. The van der Waals surface area contributed by atoms with E-state index in [1.54, 1.807) is 0 Å². The number of aliphatic hydroxyl groups is 3. The summed E-state index contributed by atoms with van der Waals surface area (Å²) in [6.07, 6.45) is -6.09. The highest BCUT2D eigenvalue weighted by atomic mass is 19.1. The Kier molecular flexibility index (Phi) is 5.66. The molecule has 0 aromatic heterocycles. The van der Waals surface area contributed by atoms with Gasteiger partial charge >= 0.3 is 0 Å². The van der Waals surface area contributed by atoms with Crippen LogP contribution in [0.1, 0.15) is 12.5 Å². The first-order valence-electron chi connectivity index (χ1n) is 7.15. The summed E-state index contributed by atoms with van der Waals surface area (Å²) in [7, 11) is 0.